The summed E-state index contributed by atoms with van der Waals surface area (Å²) in [6, 6.07) is 10.3. The van der Waals surface area contributed by atoms with Crippen LogP contribution in [0.25, 0.3) is 0 Å². The van der Waals surface area contributed by atoms with Crippen LogP contribution < -0.4 is 4.74 Å². The maximum Gasteiger partial charge on any atom is 0.243 e. The van der Waals surface area contributed by atoms with Crippen molar-refractivity contribution < 1.29 is 17.5 Å². The largest absolute Gasteiger partial charge is 0.473 e. The van der Waals surface area contributed by atoms with Crippen molar-refractivity contribution in [3.8, 4) is 5.88 Å². The molecule has 1 atom stereocenters. The first kappa shape index (κ1) is 15.9. The van der Waals surface area contributed by atoms with Crippen LogP contribution in [0.1, 0.15) is 12.1 Å². The molecule has 23 heavy (non-hydrogen) atoms. The van der Waals surface area contributed by atoms with Gasteiger partial charge in [0, 0.05) is 18.3 Å². The summed E-state index contributed by atoms with van der Waals surface area (Å²) in [5.74, 6) is 0.0353. The Kier molecular flexibility index (Phi) is 4.32. The number of pyridine rings is 1. The van der Waals surface area contributed by atoms with Crippen LogP contribution in [0.3, 0.4) is 0 Å². The summed E-state index contributed by atoms with van der Waals surface area (Å²) in [6.45, 7) is 2.50. The van der Waals surface area contributed by atoms with Crippen molar-refractivity contribution in [2.75, 3.05) is 13.1 Å². The first-order valence-electron chi connectivity index (χ1n) is 7.31. The van der Waals surface area contributed by atoms with Gasteiger partial charge in [-0.25, -0.2) is 17.8 Å². The lowest BCUT2D eigenvalue weighted by Gasteiger charge is -2.17. The maximum absolute atomic E-state index is 13.0. The molecule has 7 heteroatoms. The summed E-state index contributed by atoms with van der Waals surface area (Å²) in [6.07, 6.45) is 0.357. The number of ether oxygens (including phenoxy) is 1. The Morgan fingerprint density at radius 1 is 1.22 bits per heavy atom. The van der Waals surface area contributed by atoms with Crippen molar-refractivity contribution in [1.82, 2.24) is 9.29 Å². The molecule has 1 saturated heterocycles. The number of aryl methyl sites for hydroxylation is 1. The van der Waals surface area contributed by atoms with Crippen LogP contribution in [-0.2, 0) is 10.0 Å². The minimum absolute atomic E-state index is 0.0910. The number of hydrogen-bond donors (Lipinski definition) is 0. The molecule has 2 aromatic rings. The molecular formula is C16H17FN2O3S. The summed E-state index contributed by atoms with van der Waals surface area (Å²) in [7, 11) is -3.62. The number of halogens is 1. The quantitative estimate of drug-likeness (QED) is 0.860. The topological polar surface area (TPSA) is 59.5 Å². The van der Waals surface area contributed by atoms with E-state index in [0.29, 0.717) is 18.8 Å². The normalized spacial score (nSPS) is 19.0. The molecule has 3 rings (SSSR count). The van der Waals surface area contributed by atoms with Crippen LogP contribution in [-0.4, -0.2) is 36.9 Å². The molecule has 1 aliphatic rings. The van der Waals surface area contributed by atoms with Crippen molar-refractivity contribution in [3.05, 3.63) is 54.0 Å². The Morgan fingerprint density at radius 2 is 1.96 bits per heavy atom. The number of rotatable bonds is 4. The number of sulfonamides is 1. The molecule has 0 aliphatic carbocycles. The van der Waals surface area contributed by atoms with Gasteiger partial charge in [0.25, 0.3) is 0 Å². The Bertz CT molecular complexity index is 793. The molecule has 1 aromatic carbocycles. The van der Waals surface area contributed by atoms with Gasteiger partial charge in [-0.2, -0.15) is 4.31 Å². The molecule has 0 N–H and O–H groups in total. The lowest BCUT2D eigenvalue weighted by molar-refractivity contribution is 0.206. The van der Waals surface area contributed by atoms with Crippen LogP contribution >= 0.6 is 0 Å². The number of aromatic nitrogens is 1. The Balaban J connectivity index is 1.70. The van der Waals surface area contributed by atoms with E-state index >= 15 is 0 Å². The fourth-order valence-electron chi connectivity index (χ4n) is 2.52. The second-order valence-corrected chi connectivity index (χ2v) is 7.40. The lowest BCUT2D eigenvalue weighted by atomic mass is 10.3. The molecule has 5 nitrogen and oxygen atoms in total. The van der Waals surface area contributed by atoms with Crippen molar-refractivity contribution in [2.45, 2.75) is 24.3 Å². The summed E-state index contributed by atoms with van der Waals surface area (Å²) < 4.78 is 45.1. The van der Waals surface area contributed by atoms with E-state index in [0.717, 1.165) is 17.8 Å². The molecule has 0 saturated carbocycles. The molecule has 1 fully saturated rings. The average Bonchev–Trinajstić information content (AvgIpc) is 2.97. The zero-order chi connectivity index (χ0) is 16.4. The van der Waals surface area contributed by atoms with Gasteiger partial charge in [0.2, 0.25) is 15.9 Å². The van der Waals surface area contributed by atoms with Gasteiger partial charge in [-0.3, -0.25) is 0 Å². The fraction of sp³-hybridized carbons (Fsp3) is 0.312. The first-order chi connectivity index (χ1) is 10.9. The third-order valence-corrected chi connectivity index (χ3v) is 5.59. The van der Waals surface area contributed by atoms with Gasteiger partial charge in [-0.15, -0.1) is 0 Å². The average molecular weight is 336 g/mol. The Hall–Kier alpha value is -1.99. The molecule has 0 bridgehead atoms. The van der Waals surface area contributed by atoms with Crippen LogP contribution in [0.5, 0.6) is 5.88 Å². The van der Waals surface area contributed by atoms with Crippen molar-refractivity contribution in [2.24, 2.45) is 0 Å². The lowest BCUT2D eigenvalue weighted by Crippen LogP contribution is -2.31. The number of nitrogens with zero attached hydrogens (tertiary/aromatic N) is 2. The molecule has 1 aromatic heterocycles. The van der Waals surface area contributed by atoms with Crippen molar-refractivity contribution in [3.63, 3.8) is 0 Å². The van der Waals surface area contributed by atoms with Crippen molar-refractivity contribution in [1.29, 1.82) is 0 Å². The second kappa shape index (κ2) is 6.25. The minimum atomic E-state index is -3.62. The summed E-state index contributed by atoms with van der Waals surface area (Å²) >= 11 is 0. The van der Waals surface area contributed by atoms with Crippen LogP contribution in [0.4, 0.5) is 4.39 Å². The first-order valence-corrected chi connectivity index (χ1v) is 8.75. The molecule has 122 valence electrons. The highest BCUT2D eigenvalue weighted by Gasteiger charge is 2.33. The van der Waals surface area contributed by atoms with E-state index in [2.05, 4.69) is 4.98 Å². The van der Waals surface area contributed by atoms with E-state index in [1.165, 1.54) is 16.4 Å². The predicted octanol–water partition coefficient (Wildman–Crippen LogP) is 2.37. The predicted molar refractivity (Wildman–Crippen MR) is 83.2 cm³/mol. The summed E-state index contributed by atoms with van der Waals surface area (Å²) in [5, 5.41) is 0. The third kappa shape index (κ3) is 3.51. The molecule has 1 aliphatic heterocycles. The SMILES string of the molecule is Cc1cccc(OC2CCN(S(=O)(=O)c3ccc(F)cc3)C2)n1. The highest BCUT2D eigenvalue weighted by Crippen LogP contribution is 2.23. The molecule has 1 unspecified atom stereocenters. The highest BCUT2D eigenvalue weighted by molar-refractivity contribution is 7.89. The highest BCUT2D eigenvalue weighted by atomic mass is 32.2. The summed E-state index contributed by atoms with van der Waals surface area (Å²) in [4.78, 5) is 4.35. The number of benzene rings is 1. The molecule has 0 spiro atoms. The van der Waals surface area contributed by atoms with Gasteiger partial charge in [0.05, 0.1) is 11.4 Å². The van der Waals surface area contributed by atoms with Gasteiger partial charge in [-0.05, 0) is 43.7 Å². The standard InChI is InChI=1S/C16H17FN2O3S/c1-12-3-2-4-16(18-12)22-14-9-10-19(11-14)23(20,21)15-7-5-13(17)6-8-15/h2-8,14H,9-11H2,1H3. The maximum atomic E-state index is 13.0. The number of hydrogen-bond acceptors (Lipinski definition) is 4. The van der Waals surface area contributed by atoms with E-state index in [1.54, 1.807) is 6.07 Å². The van der Waals surface area contributed by atoms with E-state index in [-0.39, 0.29) is 17.5 Å². The zero-order valence-electron chi connectivity index (χ0n) is 12.6. The van der Waals surface area contributed by atoms with Gasteiger partial charge >= 0.3 is 0 Å². The Labute approximate surface area is 134 Å². The molecule has 0 amide bonds. The van der Waals surface area contributed by atoms with Gasteiger partial charge in [0.1, 0.15) is 11.9 Å². The van der Waals surface area contributed by atoms with E-state index in [4.69, 9.17) is 4.74 Å². The second-order valence-electron chi connectivity index (χ2n) is 5.46. The van der Waals surface area contributed by atoms with E-state index in [9.17, 15) is 12.8 Å². The van der Waals surface area contributed by atoms with Gasteiger partial charge in [-0.1, -0.05) is 6.07 Å². The van der Waals surface area contributed by atoms with Crippen LogP contribution in [0.2, 0.25) is 0 Å². The minimum Gasteiger partial charge on any atom is -0.473 e. The monoisotopic (exact) mass is 336 g/mol. The third-order valence-electron chi connectivity index (χ3n) is 3.71. The molecule has 0 radical (unpaired) electrons. The van der Waals surface area contributed by atoms with Gasteiger partial charge in [0.15, 0.2) is 0 Å². The van der Waals surface area contributed by atoms with E-state index in [1.807, 2.05) is 19.1 Å². The molecular weight excluding hydrogens is 319 g/mol. The smallest absolute Gasteiger partial charge is 0.243 e. The molecule has 2 heterocycles. The van der Waals surface area contributed by atoms with Crippen molar-refractivity contribution >= 4 is 10.0 Å². The van der Waals surface area contributed by atoms with E-state index < -0.39 is 15.8 Å². The summed E-state index contributed by atoms with van der Waals surface area (Å²) in [5.41, 5.74) is 0.844. The Morgan fingerprint density at radius 3 is 2.65 bits per heavy atom. The fourth-order valence-corrected chi connectivity index (χ4v) is 4.01. The van der Waals surface area contributed by atoms with Crippen LogP contribution in [0, 0.1) is 12.7 Å². The van der Waals surface area contributed by atoms with Crippen LogP contribution in [0.15, 0.2) is 47.4 Å². The zero-order valence-corrected chi connectivity index (χ0v) is 13.5. The van der Waals surface area contributed by atoms with Gasteiger partial charge < -0.3 is 4.74 Å².